The molecule has 1 aliphatic rings. The molecule has 0 aliphatic heterocycles. The Morgan fingerprint density at radius 1 is 1.22 bits per heavy atom. The number of hydrogen-bond donors (Lipinski definition) is 2. The number of carbonyl (C=O) groups excluding carboxylic acids is 1. The predicted octanol–water partition coefficient (Wildman–Crippen LogP) is 2.65. The monoisotopic (exact) mass is 383 g/mol. The predicted molar refractivity (Wildman–Crippen MR) is 105 cm³/mol. The van der Waals surface area contributed by atoms with Crippen LogP contribution in [0.2, 0.25) is 0 Å². The summed E-state index contributed by atoms with van der Waals surface area (Å²) in [4.78, 5) is 29.8. The fraction of sp³-hybridized carbons (Fsp3) is 0.368. The van der Waals surface area contributed by atoms with Crippen molar-refractivity contribution in [3.05, 3.63) is 46.9 Å². The van der Waals surface area contributed by atoms with Gasteiger partial charge in [-0.05, 0) is 25.0 Å². The summed E-state index contributed by atoms with van der Waals surface area (Å²) in [7, 11) is 0. The maximum absolute atomic E-state index is 12.9. The molecule has 0 spiro atoms. The highest BCUT2D eigenvalue weighted by Crippen LogP contribution is 2.21. The zero-order valence-corrected chi connectivity index (χ0v) is 15.7. The van der Waals surface area contributed by atoms with Crippen LogP contribution in [0, 0.1) is 0 Å². The summed E-state index contributed by atoms with van der Waals surface area (Å²) in [6.45, 7) is 0. The summed E-state index contributed by atoms with van der Waals surface area (Å²) < 4.78 is 1.54. The number of benzene rings is 1. The first-order valence-corrected chi connectivity index (χ1v) is 10.1. The number of H-pyrrole nitrogens is 1. The van der Waals surface area contributed by atoms with Gasteiger partial charge in [-0.2, -0.15) is 5.10 Å². The van der Waals surface area contributed by atoms with Gasteiger partial charge in [0.05, 0.1) is 17.6 Å². The Morgan fingerprint density at radius 3 is 2.78 bits per heavy atom. The number of fused-ring (bicyclic) bond motifs is 1. The molecule has 4 rings (SSSR count). The van der Waals surface area contributed by atoms with Gasteiger partial charge in [0.1, 0.15) is 5.39 Å². The molecule has 27 heavy (non-hydrogen) atoms. The van der Waals surface area contributed by atoms with Crippen LogP contribution < -0.4 is 10.9 Å². The first kappa shape index (κ1) is 17.8. The van der Waals surface area contributed by atoms with E-state index in [1.165, 1.54) is 41.8 Å². The number of amides is 1. The molecular formula is C19H21N5O2S. The molecule has 2 N–H and O–H groups in total. The first-order chi connectivity index (χ1) is 13.2. The first-order valence-electron chi connectivity index (χ1n) is 9.16. The molecule has 1 aliphatic carbocycles. The van der Waals surface area contributed by atoms with Crippen LogP contribution in [0.3, 0.4) is 0 Å². The third-order valence-corrected chi connectivity index (χ3v) is 5.71. The molecule has 0 unspecified atom stereocenters. The Labute approximate surface area is 160 Å². The van der Waals surface area contributed by atoms with Gasteiger partial charge in [-0.1, -0.05) is 49.2 Å². The number of nitrogens with one attached hydrogen (secondary N) is 2. The lowest BCUT2D eigenvalue weighted by molar-refractivity contribution is -0.119. The lowest BCUT2D eigenvalue weighted by atomic mass is 9.95. The number of para-hydroxylation sites is 1. The molecule has 1 amide bonds. The van der Waals surface area contributed by atoms with Gasteiger partial charge >= 0.3 is 0 Å². The fourth-order valence-corrected chi connectivity index (χ4v) is 4.24. The molecule has 0 radical (unpaired) electrons. The molecule has 0 bridgehead atoms. The van der Waals surface area contributed by atoms with Crippen LogP contribution in [0.5, 0.6) is 0 Å². The summed E-state index contributed by atoms with van der Waals surface area (Å²) in [5, 5.41) is 10.7. The summed E-state index contributed by atoms with van der Waals surface area (Å²) in [5.74, 6) is 0.195. The van der Waals surface area contributed by atoms with Crippen molar-refractivity contribution in [1.82, 2.24) is 25.1 Å². The number of carbonyl (C=O) groups is 1. The fourth-order valence-electron chi connectivity index (χ4n) is 3.42. The van der Waals surface area contributed by atoms with Crippen LogP contribution in [0.25, 0.3) is 16.7 Å². The molecule has 1 fully saturated rings. The van der Waals surface area contributed by atoms with Gasteiger partial charge in [0.2, 0.25) is 5.91 Å². The molecule has 2 aromatic heterocycles. The second-order valence-corrected chi connectivity index (χ2v) is 7.64. The zero-order valence-electron chi connectivity index (χ0n) is 14.9. The molecular weight excluding hydrogens is 362 g/mol. The van der Waals surface area contributed by atoms with Crippen molar-refractivity contribution in [2.45, 2.75) is 43.3 Å². The van der Waals surface area contributed by atoms with Crippen LogP contribution in [0.1, 0.15) is 32.1 Å². The average molecular weight is 383 g/mol. The smallest absolute Gasteiger partial charge is 0.269 e. The van der Waals surface area contributed by atoms with Crippen LogP contribution in [0.15, 0.2) is 46.5 Å². The van der Waals surface area contributed by atoms with E-state index < -0.39 is 0 Å². The quantitative estimate of drug-likeness (QED) is 0.522. The number of hydrogen-bond acceptors (Lipinski definition) is 5. The van der Waals surface area contributed by atoms with E-state index in [1.54, 1.807) is 0 Å². The molecule has 1 aromatic carbocycles. The Hall–Kier alpha value is -2.61. The molecule has 2 heterocycles. The van der Waals surface area contributed by atoms with E-state index in [4.69, 9.17) is 0 Å². The van der Waals surface area contributed by atoms with Gasteiger partial charge in [0.25, 0.3) is 5.56 Å². The van der Waals surface area contributed by atoms with Crippen LogP contribution in [-0.4, -0.2) is 37.5 Å². The van der Waals surface area contributed by atoms with Crippen molar-refractivity contribution in [2.24, 2.45) is 0 Å². The number of thioether (sulfide) groups is 1. The zero-order chi connectivity index (χ0) is 18.6. The van der Waals surface area contributed by atoms with Crippen molar-refractivity contribution in [3.63, 3.8) is 0 Å². The number of nitrogens with zero attached hydrogens (tertiary/aromatic N) is 3. The maximum Gasteiger partial charge on any atom is 0.269 e. The summed E-state index contributed by atoms with van der Waals surface area (Å²) in [5.41, 5.74) is 0.950. The van der Waals surface area contributed by atoms with E-state index in [9.17, 15) is 9.59 Å². The van der Waals surface area contributed by atoms with Gasteiger partial charge in [0.15, 0.2) is 10.8 Å². The topological polar surface area (TPSA) is 92.7 Å². The SMILES string of the molecule is O=C(CSc1nc2[nH]ncc2c(=O)n1-c1ccccc1)NC1CCCCC1. The largest absolute Gasteiger partial charge is 0.353 e. The van der Waals surface area contributed by atoms with E-state index in [0.717, 1.165) is 12.8 Å². The second kappa shape index (κ2) is 7.96. The summed E-state index contributed by atoms with van der Waals surface area (Å²) in [6, 6.07) is 9.59. The summed E-state index contributed by atoms with van der Waals surface area (Å²) >= 11 is 1.26. The van der Waals surface area contributed by atoms with Crippen LogP contribution in [0.4, 0.5) is 0 Å². The minimum atomic E-state index is -0.199. The van der Waals surface area contributed by atoms with Crippen molar-refractivity contribution in [3.8, 4) is 5.69 Å². The number of rotatable bonds is 5. The lowest BCUT2D eigenvalue weighted by Gasteiger charge is -2.22. The molecule has 140 valence electrons. The van der Waals surface area contributed by atoms with Crippen molar-refractivity contribution in [2.75, 3.05) is 5.75 Å². The van der Waals surface area contributed by atoms with Gasteiger partial charge in [0, 0.05) is 6.04 Å². The van der Waals surface area contributed by atoms with E-state index in [0.29, 0.717) is 21.9 Å². The highest BCUT2D eigenvalue weighted by Gasteiger charge is 2.18. The Morgan fingerprint density at radius 2 is 2.00 bits per heavy atom. The Bertz CT molecular complexity index is 992. The second-order valence-electron chi connectivity index (χ2n) is 6.69. The van der Waals surface area contributed by atoms with E-state index in [-0.39, 0.29) is 23.3 Å². The van der Waals surface area contributed by atoms with Crippen LogP contribution >= 0.6 is 11.8 Å². The molecule has 0 saturated heterocycles. The molecule has 3 aromatic rings. The third-order valence-electron chi connectivity index (χ3n) is 4.77. The van der Waals surface area contributed by atoms with Gasteiger partial charge in [-0.25, -0.2) is 4.98 Å². The standard InChI is InChI=1S/C19H21N5O2S/c25-16(21-13-7-3-1-4-8-13)12-27-19-22-17-15(11-20-23-17)18(26)24(19)14-9-5-2-6-10-14/h2,5-6,9-11,13H,1,3-4,7-8,12H2,(H,20,23)(H,21,25). The third kappa shape index (κ3) is 3.90. The molecule has 0 atom stereocenters. The molecule has 8 heteroatoms. The van der Waals surface area contributed by atoms with Gasteiger partial charge < -0.3 is 5.32 Å². The maximum atomic E-state index is 12.9. The Balaban J connectivity index is 1.58. The normalized spacial score (nSPS) is 15.1. The van der Waals surface area contributed by atoms with E-state index >= 15 is 0 Å². The highest BCUT2D eigenvalue weighted by atomic mass is 32.2. The van der Waals surface area contributed by atoms with Crippen molar-refractivity contribution in [1.29, 1.82) is 0 Å². The highest BCUT2D eigenvalue weighted by molar-refractivity contribution is 7.99. The number of aromatic nitrogens is 4. The van der Waals surface area contributed by atoms with Crippen molar-refractivity contribution < 1.29 is 4.79 Å². The average Bonchev–Trinajstić information content (AvgIpc) is 3.17. The Kier molecular flexibility index (Phi) is 5.24. The summed E-state index contributed by atoms with van der Waals surface area (Å²) in [6.07, 6.45) is 7.16. The molecule has 7 nitrogen and oxygen atoms in total. The van der Waals surface area contributed by atoms with Crippen molar-refractivity contribution >= 4 is 28.7 Å². The minimum absolute atomic E-state index is 0.0227. The minimum Gasteiger partial charge on any atom is -0.353 e. The lowest BCUT2D eigenvalue weighted by Crippen LogP contribution is -2.37. The van der Waals surface area contributed by atoms with Crippen LogP contribution in [-0.2, 0) is 4.79 Å². The van der Waals surface area contributed by atoms with Gasteiger partial charge in [-0.3, -0.25) is 19.3 Å². The molecule has 1 saturated carbocycles. The van der Waals surface area contributed by atoms with E-state index in [2.05, 4.69) is 20.5 Å². The number of aromatic amines is 1. The van der Waals surface area contributed by atoms with Gasteiger partial charge in [-0.15, -0.1) is 0 Å². The van der Waals surface area contributed by atoms with E-state index in [1.807, 2.05) is 30.3 Å².